The summed E-state index contributed by atoms with van der Waals surface area (Å²) >= 11 is 0. The number of halogens is 1. The second-order valence-electron chi connectivity index (χ2n) is 16.3. The van der Waals surface area contributed by atoms with Crippen LogP contribution in [0.25, 0.3) is 22.3 Å². The van der Waals surface area contributed by atoms with Gasteiger partial charge < -0.3 is 50.4 Å². The molecule has 17 nitrogen and oxygen atoms in total. The number of hydrogen-bond acceptors (Lipinski definition) is 12. The summed E-state index contributed by atoms with van der Waals surface area (Å²) in [7, 11) is 3.86. The number of fused-ring (bicyclic) bond motifs is 5. The summed E-state index contributed by atoms with van der Waals surface area (Å²) < 4.78 is 27.3. The van der Waals surface area contributed by atoms with Crippen LogP contribution in [0.5, 0.6) is 0 Å². The third-order valence-corrected chi connectivity index (χ3v) is 11.2. The molecule has 332 valence electrons. The lowest BCUT2D eigenvalue weighted by Gasteiger charge is -2.31. The zero-order valence-electron chi connectivity index (χ0n) is 35.7. The topological polar surface area (TPSA) is 231 Å². The van der Waals surface area contributed by atoms with Crippen LogP contribution in [-0.2, 0) is 58.6 Å². The van der Waals surface area contributed by atoms with Gasteiger partial charge in [-0.2, -0.15) is 0 Å². The van der Waals surface area contributed by atoms with E-state index in [1.54, 1.807) is 44.4 Å². The van der Waals surface area contributed by atoms with E-state index in [2.05, 4.69) is 21.3 Å². The van der Waals surface area contributed by atoms with Gasteiger partial charge in [0.2, 0.25) is 23.6 Å². The van der Waals surface area contributed by atoms with Crippen LogP contribution in [-0.4, -0.2) is 113 Å². The normalized spacial score (nSPS) is 16.4. The number of aromatic nitrogens is 2. The van der Waals surface area contributed by atoms with Crippen LogP contribution >= 0.6 is 0 Å². The fourth-order valence-electron chi connectivity index (χ4n) is 7.70. The third-order valence-electron chi connectivity index (χ3n) is 11.2. The van der Waals surface area contributed by atoms with Crippen LogP contribution < -0.4 is 26.8 Å². The second kappa shape index (κ2) is 20.5. The van der Waals surface area contributed by atoms with Crippen LogP contribution in [0.1, 0.15) is 87.1 Å². The molecule has 4 amide bonds. The minimum atomic E-state index is -1.98. The van der Waals surface area contributed by atoms with Gasteiger partial charge in [-0.15, -0.1) is 0 Å². The Balaban J connectivity index is 1.16. The van der Waals surface area contributed by atoms with Crippen molar-refractivity contribution in [3.05, 3.63) is 62.2 Å². The van der Waals surface area contributed by atoms with E-state index in [9.17, 15) is 38.3 Å². The molecule has 0 radical (unpaired) electrons. The average molecular weight is 852 g/mol. The minimum Gasteiger partial charge on any atom is -0.458 e. The Bertz CT molecular complexity index is 2210. The maximum Gasteiger partial charge on any atom is 0.343 e. The Morgan fingerprint density at radius 2 is 1.77 bits per heavy atom. The molecule has 0 fully saturated rings. The summed E-state index contributed by atoms with van der Waals surface area (Å²) in [5.74, 6) is -3.92. The molecule has 2 aromatic heterocycles. The van der Waals surface area contributed by atoms with Gasteiger partial charge in [-0.1, -0.05) is 20.8 Å². The van der Waals surface area contributed by atoms with E-state index in [1.165, 1.54) is 6.07 Å². The molecule has 0 unspecified atom stereocenters. The fourth-order valence-corrected chi connectivity index (χ4v) is 7.70. The lowest BCUT2D eigenvalue weighted by Crippen LogP contribution is -2.56. The smallest absolute Gasteiger partial charge is 0.343 e. The van der Waals surface area contributed by atoms with Crippen LogP contribution in [0.3, 0.4) is 0 Å². The fraction of sp³-hybridized carbons (Fsp3) is 0.558. The summed E-state index contributed by atoms with van der Waals surface area (Å²) in [5, 5.41) is 31.5. The van der Waals surface area contributed by atoms with Gasteiger partial charge in [0, 0.05) is 29.2 Å². The summed E-state index contributed by atoms with van der Waals surface area (Å²) in [6, 6.07) is 2.81. The van der Waals surface area contributed by atoms with Crippen molar-refractivity contribution >= 4 is 40.5 Å². The predicted octanol–water partition coefficient (Wildman–Crippen LogP) is 1.41. The maximum absolute atomic E-state index is 14.9. The van der Waals surface area contributed by atoms with Crippen LogP contribution in [0.4, 0.5) is 4.39 Å². The average Bonchev–Trinajstić information content (AvgIpc) is 3.59. The highest BCUT2D eigenvalue weighted by molar-refractivity contribution is 5.94. The van der Waals surface area contributed by atoms with E-state index in [4.69, 9.17) is 19.6 Å². The first kappa shape index (κ1) is 46.8. The Labute approximate surface area is 353 Å². The lowest BCUT2D eigenvalue weighted by atomic mass is 9.86. The highest BCUT2D eigenvalue weighted by atomic mass is 19.1. The van der Waals surface area contributed by atoms with E-state index >= 15 is 0 Å². The number of benzene rings is 1. The molecular formula is C43H58FN7O10. The molecule has 2 aliphatic heterocycles. The number of aliphatic hydroxyl groups excluding tert-OH is 1. The molecule has 1 aromatic carbocycles. The number of carbonyl (C=O) groups excluding carboxylic acids is 5. The van der Waals surface area contributed by atoms with Gasteiger partial charge in [0.15, 0.2) is 5.60 Å². The van der Waals surface area contributed by atoms with Gasteiger partial charge in [-0.25, -0.2) is 14.2 Å². The van der Waals surface area contributed by atoms with Gasteiger partial charge in [0.05, 0.1) is 35.6 Å². The first-order valence-corrected chi connectivity index (χ1v) is 20.8. The zero-order valence-corrected chi connectivity index (χ0v) is 35.7. The number of ether oxygens (including phenoxy) is 2. The van der Waals surface area contributed by atoms with Gasteiger partial charge >= 0.3 is 5.97 Å². The summed E-state index contributed by atoms with van der Waals surface area (Å²) in [6.45, 7) is 6.51. The van der Waals surface area contributed by atoms with Crippen molar-refractivity contribution in [1.82, 2.24) is 35.7 Å². The number of aryl methyl sites for hydroxylation is 2. The number of pyridine rings is 2. The first-order chi connectivity index (χ1) is 29.0. The first-order valence-electron chi connectivity index (χ1n) is 20.8. The predicted molar refractivity (Wildman–Crippen MR) is 222 cm³/mol. The van der Waals surface area contributed by atoms with E-state index in [-0.39, 0.29) is 62.1 Å². The number of nitrogens with one attached hydrogen (secondary N) is 4. The molecule has 4 heterocycles. The Kier molecular flexibility index (Phi) is 15.7. The summed E-state index contributed by atoms with van der Waals surface area (Å²) in [4.78, 5) is 83.9. The third kappa shape index (κ3) is 10.8. The molecule has 0 saturated carbocycles. The molecule has 18 heteroatoms. The number of amides is 4. The van der Waals surface area contributed by atoms with Crippen LogP contribution in [0.15, 0.2) is 23.0 Å². The molecule has 0 spiro atoms. The highest BCUT2D eigenvalue weighted by Gasteiger charge is 2.45. The number of cyclic esters (lactones) is 1. The van der Waals surface area contributed by atoms with E-state index < -0.39 is 59.7 Å². The van der Waals surface area contributed by atoms with E-state index in [0.29, 0.717) is 54.6 Å². The Morgan fingerprint density at radius 3 is 2.46 bits per heavy atom. The van der Waals surface area contributed by atoms with Crippen molar-refractivity contribution in [2.45, 2.75) is 103 Å². The largest absolute Gasteiger partial charge is 0.458 e. The lowest BCUT2D eigenvalue weighted by molar-refractivity contribution is -0.172. The van der Waals surface area contributed by atoms with Crippen LogP contribution in [0, 0.1) is 18.7 Å². The molecule has 0 aliphatic carbocycles. The molecule has 61 heavy (non-hydrogen) atoms. The van der Waals surface area contributed by atoms with Gasteiger partial charge in [0.25, 0.3) is 5.56 Å². The number of carbonyl (C=O) groups is 5. The standard InChI is InChI=1S/C43H58FN7O10/c1-7-43(59)30-17-34-38-28(20-51(34)41(57)29(30)22-61-42(43)58)26(27-16-25(4)31(44)18-33(27)47-38)12-9-11-15-60-23-46-35(53)19-45-39(55)32(13-8-10-14-50(5)6)48-40(56)37(24(2)3)49-36(54)21-52/h16-18,24,32,37,52,59H,7-15,19-23H2,1-6H3,(H,45,55)(H,46,53)(H,48,56)(H,49,54)/t32-,37-,43-/m0/s1. The molecule has 3 aromatic rings. The van der Waals surface area contributed by atoms with Crippen molar-refractivity contribution < 1.29 is 48.0 Å². The van der Waals surface area contributed by atoms with Crippen LogP contribution in [0.2, 0.25) is 0 Å². The van der Waals surface area contributed by atoms with E-state index in [0.717, 1.165) is 29.5 Å². The van der Waals surface area contributed by atoms with Crippen molar-refractivity contribution in [3.8, 4) is 11.4 Å². The Morgan fingerprint density at radius 1 is 1.02 bits per heavy atom. The highest BCUT2D eigenvalue weighted by Crippen LogP contribution is 2.41. The molecular weight excluding hydrogens is 794 g/mol. The minimum absolute atomic E-state index is 0.00729. The maximum atomic E-state index is 14.9. The van der Waals surface area contributed by atoms with Gasteiger partial charge in [0.1, 0.15) is 37.8 Å². The van der Waals surface area contributed by atoms with Gasteiger partial charge in [-0.3, -0.25) is 24.0 Å². The molecule has 5 rings (SSSR count). The molecule has 0 saturated heterocycles. The quantitative estimate of drug-likeness (QED) is 0.0397. The van der Waals surface area contributed by atoms with Gasteiger partial charge in [-0.05, 0) is 102 Å². The zero-order chi connectivity index (χ0) is 44.6. The second-order valence-corrected chi connectivity index (χ2v) is 16.3. The summed E-state index contributed by atoms with van der Waals surface area (Å²) in [6.07, 6.45) is 3.45. The molecule has 2 aliphatic rings. The van der Waals surface area contributed by atoms with Crippen molar-refractivity contribution in [2.75, 3.05) is 47.1 Å². The molecule has 6 N–H and O–H groups in total. The van der Waals surface area contributed by atoms with E-state index in [1.807, 2.05) is 19.0 Å². The number of hydrogen-bond donors (Lipinski definition) is 6. The number of esters is 1. The number of aliphatic hydroxyl groups is 2. The summed E-state index contributed by atoms with van der Waals surface area (Å²) in [5.41, 5.74) is 1.51. The number of rotatable bonds is 21. The van der Waals surface area contributed by atoms with Crippen molar-refractivity contribution in [3.63, 3.8) is 0 Å². The molecule has 0 bridgehead atoms. The SMILES string of the molecule is CC[C@@]1(O)C(=O)OCc2c1cc1n(c2=O)Cc2c-1nc1cc(F)c(C)cc1c2CCCCOCNC(=O)CNC(=O)[C@H](CCCCN(C)C)NC(=O)[C@@H](NC(=O)CO)C(C)C. The number of unbranched alkanes of at least 4 members (excludes halogenated alkanes) is 2. The Hall–Kier alpha value is -5.30. The molecule has 3 atom stereocenters. The van der Waals surface area contributed by atoms with Crippen molar-refractivity contribution in [1.29, 1.82) is 0 Å². The number of nitrogens with zero attached hydrogens (tertiary/aromatic N) is 3. The van der Waals surface area contributed by atoms with Crippen molar-refractivity contribution in [2.24, 2.45) is 5.92 Å². The monoisotopic (exact) mass is 851 g/mol.